The van der Waals surface area contributed by atoms with E-state index in [0.29, 0.717) is 6.61 Å². The minimum Gasteiger partial charge on any atom is -0.492 e. The fraction of sp³-hybridized carbons (Fsp3) is 0.392. The van der Waals surface area contributed by atoms with Crippen molar-refractivity contribution in [3.63, 3.8) is 0 Å². The third kappa shape index (κ3) is 13.3. The Kier molecular flexibility index (Phi) is 16.5. The predicted molar refractivity (Wildman–Crippen MR) is 261 cm³/mol. The van der Waals surface area contributed by atoms with Crippen LogP contribution in [-0.2, 0) is 26.0 Å². The van der Waals surface area contributed by atoms with E-state index in [-0.39, 0.29) is 16.5 Å². The van der Waals surface area contributed by atoms with Crippen molar-refractivity contribution < 1.29 is 27.4 Å². The van der Waals surface area contributed by atoms with Crippen LogP contribution in [0.25, 0.3) is 11.1 Å². The van der Waals surface area contributed by atoms with Crippen molar-refractivity contribution in [3.8, 4) is 16.9 Å². The van der Waals surface area contributed by atoms with E-state index in [2.05, 4.69) is 90.3 Å². The molecule has 0 aromatic heterocycles. The van der Waals surface area contributed by atoms with Gasteiger partial charge in [0.25, 0.3) is 15.9 Å². The van der Waals surface area contributed by atoms with Gasteiger partial charge in [-0.25, -0.2) is 13.1 Å². The number of anilines is 2. The van der Waals surface area contributed by atoms with Crippen LogP contribution in [-0.4, -0.2) is 139 Å². The molecule has 0 spiro atoms. The van der Waals surface area contributed by atoms with E-state index in [1.165, 1.54) is 21.6 Å². The lowest BCUT2D eigenvalue weighted by Crippen LogP contribution is -2.46. The van der Waals surface area contributed by atoms with Crippen LogP contribution in [0.4, 0.5) is 11.4 Å². The molecular weight excluding hydrogens is 857 g/mol. The Morgan fingerprint density at radius 1 is 0.723 bits per heavy atom. The largest absolute Gasteiger partial charge is 0.492 e. The van der Waals surface area contributed by atoms with Gasteiger partial charge in [-0.2, -0.15) is 0 Å². The molecule has 14 heteroatoms. The summed E-state index contributed by atoms with van der Waals surface area (Å²) in [4.78, 5) is 24.2. The molecule has 0 aliphatic carbocycles. The molecule has 0 radical (unpaired) electrons. The first kappa shape index (κ1) is 46.6. The molecule has 65 heavy (non-hydrogen) atoms. The number of sulfonamides is 1. The topological polar surface area (TPSA) is 116 Å². The van der Waals surface area contributed by atoms with Crippen molar-refractivity contribution in [2.75, 3.05) is 114 Å². The Labute approximate surface area is 389 Å². The van der Waals surface area contributed by atoms with Crippen LogP contribution in [0, 0.1) is 6.92 Å². The SMILES string of the molecule is Cc1cc(S(=O)(=O)NC(=O)c2ccc(N3CCN(Cc4ccccc4-c4ccc(OCCN5CCOCC5)cc4)CC3)cc2)ccc1N[C@H](CCN1CCOCC1)CSc1ccccc1. The lowest BCUT2D eigenvalue weighted by atomic mass is 9.99. The predicted octanol–water partition coefficient (Wildman–Crippen LogP) is 7.11. The second-order valence-electron chi connectivity index (χ2n) is 16.9. The Bertz CT molecular complexity index is 2390. The fourth-order valence-corrected chi connectivity index (χ4v) is 10.6. The lowest BCUT2D eigenvalue weighted by Gasteiger charge is -2.36. The van der Waals surface area contributed by atoms with Gasteiger partial charge >= 0.3 is 0 Å². The standard InChI is InChI=1S/C51H62N6O6S2/c1-40-37-48(19-20-50(40)52-44(21-22-54-27-32-61-33-28-54)39-64-47-8-3-2-4-9-47)65(59,60)53-51(58)42-11-15-45(16-12-42)57-25-23-56(24-26-57)38-43-7-5-6-10-49(43)41-13-17-46(18-14-41)63-36-31-55-29-34-62-35-30-55/h2-20,37,44,52H,21-36,38-39H2,1H3,(H,53,58)/t44-/m1/s1. The van der Waals surface area contributed by atoms with Crippen molar-refractivity contribution in [2.45, 2.75) is 35.7 Å². The maximum atomic E-state index is 13.5. The second kappa shape index (κ2) is 23.0. The number of rotatable bonds is 19. The highest BCUT2D eigenvalue weighted by Gasteiger charge is 2.23. The van der Waals surface area contributed by atoms with Crippen LogP contribution in [0.3, 0.4) is 0 Å². The number of benzene rings is 5. The van der Waals surface area contributed by atoms with Crippen molar-refractivity contribution in [1.29, 1.82) is 0 Å². The summed E-state index contributed by atoms with van der Waals surface area (Å²) >= 11 is 1.81. The molecule has 1 atom stereocenters. The summed E-state index contributed by atoms with van der Waals surface area (Å²) in [6.07, 6.45) is 0.934. The Morgan fingerprint density at radius 2 is 1.38 bits per heavy atom. The van der Waals surface area contributed by atoms with E-state index >= 15 is 0 Å². The second-order valence-corrected chi connectivity index (χ2v) is 19.7. The normalized spacial score (nSPS) is 17.1. The van der Waals surface area contributed by atoms with Crippen LogP contribution in [0.15, 0.2) is 131 Å². The molecule has 2 N–H and O–H groups in total. The average Bonchev–Trinajstić information content (AvgIpc) is 3.34. The van der Waals surface area contributed by atoms with Gasteiger partial charge < -0.3 is 24.4 Å². The molecule has 3 heterocycles. The number of hydrogen-bond acceptors (Lipinski definition) is 12. The average molecular weight is 919 g/mol. The highest BCUT2D eigenvalue weighted by atomic mass is 32.2. The number of nitrogens with zero attached hydrogens (tertiary/aromatic N) is 4. The molecule has 3 aliphatic rings. The van der Waals surface area contributed by atoms with Gasteiger partial charge in [0, 0.05) is 106 Å². The van der Waals surface area contributed by atoms with E-state index in [0.717, 1.165) is 133 Å². The number of thioether (sulfide) groups is 1. The monoisotopic (exact) mass is 918 g/mol. The van der Waals surface area contributed by atoms with Crippen molar-refractivity contribution in [2.24, 2.45) is 0 Å². The van der Waals surface area contributed by atoms with E-state index < -0.39 is 15.9 Å². The van der Waals surface area contributed by atoms with Gasteiger partial charge in [-0.05, 0) is 102 Å². The number of nitrogens with one attached hydrogen (secondary N) is 2. The third-order valence-electron chi connectivity index (χ3n) is 12.4. The smallest absolute Gasteiger partial charge is 0.264 e. The summed E-state index contributed by atoms with van der Waals surface area (Å²) in [6.45, 7) is 15.6. The lowest BCUT2D eigenvalue weighted by molar-refractivity contribution is 0.0322. The zero-order chi connectivity index (χ0) is 44.9. The van der Waals surface area contributed by atoms with Gasteiger partial charge in [-0.15, -0.1) is 11.8 Å². The third-order valence-corrected chi connectivity index (χ3v) is 14.9. The molecular formula is C51H62N6O6S2. The summed E-state index contributed by atoms with van der Waals surface area (Å²) in [6, 6.07) is 39.7. The van der Waals surface area contributed by atoms with Gasteiger partial charge in [0.15, 0.2) is 0 Å². The first-order valence-electron chi connectivity index (χ1n) is 22.9. The summed E-state index contributed by atoms with van der Waals surface area (Å²) in [5.74, 6) is 1.08. The number of carbonyl (C=O) groups excluding carboxylic acids is 1. The van der Waals surface area contributed by atoms with E-state index in [1.54, 1.807) is 42.1 Å². The number of amides is 1. The Morgan fingerprint density at radius 3 is 2.08 bits per heavy atom. The van der Waals surface area contributed by atoms with Gasteiger partial charge in [-0.3, -0.25) is 19.5 Å². The fourth-order valence-electron chi connectivity index (χ4n) is 8.52. The van der Waals surface area contributed by atoms with Gasteiger partial charge in [0.2, 0.25) is 0 Å². The highest BCUT2D eigenvalue weighted by molar-refractivity contribution is 7.99. The maximum Gasteiger partial charge on any atom is 0.264 e. The molecule has 5 aromatic carbocycles. The van der Waals surface area contributed by atoms with Crippen LogP contribution in [0.5, 0.6) is 5.75 Å². The minimum absolute atomic E-state index is 0.0488. The molecule has 3 aliphatic heterocycles. The summed E-state index contributed by atoms with van der Waals surface area (Å²) in [5.41, 5.74) is 6.64. The van der Waals surface area contributed by atoms with Gasteiger partial charge in [0.05, 0.1) is 31.3 Å². The zero-order valence-corrected chi connectivity index (χ0v) is 39.0. The molecule has 0 bridgehead atoms. The van der Waals surface area contributed by atoms with E-state index in [4.69, 9.17) is 14.2 Å². The van der Waals surface area contributed by atoms with Gasteiger partial charge in [-0.1, -0.05) is 54.6 Å². The zero-order valence-electron chi connectivity index (χ0n) is 37.4. The number of ether oxygens (including phenoxy) is 3. The van der Waals surface area contributed by atoms with Crippen molar-refractivity contribution in [3.05, 3.63) is 138 Å². The number of morpholine rings is 2. The first-order chi connectivity index (χ1) is 31.8. The Balaban J connectivity index is 0.813. The number of hydrogen-bond donors (Lipinski definition) is 2. The molecule has 344 valence electrons. The molecule has 12 nitrogen and oxygen atoms in total. The van der Waals surface area contributed by atoms with Crippen LogP contribution < -0.4 is 19.7 Å². The highest BCUT2D eigenvalue weighted by Crippen LogP contribution is 2.29. The number of piperazine rings is 1. The number of aryl methyl sites for hydroxylation is 1. The molecule has 1 amide bonds. The summed E-state index contributed by atoms with van der Waals surface area (Å²) < 4.78 is 46.4. The quantitative estimate of drug-likeness (QED) is 0.0824. The van der Waals surface area contributed by atoms with Crippen molar-refractivity contribution in [1.82, 2.24) is 19.4 Å². The van der Waals surface area contributed by atoms with Crippen LogP contribution in [0.1, 0.15) is 27.9 Å². The summed E-state index contributed by atoms with van der Waals surface area (Å²) in [5, 5.41) is 3.70. The minimum atomic E-state index is -4.12. The first-order valence-corrected chi connectivity index (χ1v) is 25.3. The van der Waals surface area contributed by atoms with E-state index in [9.17, 15) is 13.2 Å². The van der Waals surface area contributed by atoms with E-state index in [1.807, 2.05) is 37.3 Å². The number of carbonyl (C=O) groups is 1. The maximum absolute atomic E-state index is 13.5. The molecule has 8 rings (SSSR count). The van der Waals surface area contributed by atoms with Crippen LogP contribution >= 0.6 is 11.8 Å². The van der Waals surface area contributed by atoms with Gasteiger partial charge in [0.1, 0.15) is 12.4 Å². The van der Waals surface area contributed by atoms with Crippen molar-refractivity contribution >= 4 is 39.1 Å². The summed E-state index contributed by atoms with van der Waals surface area (Å²) in [7, 11) is -4.12. The molecule has 3 fully saturated rings. The molecule has 0 saturated carbocycles. The Hall–Kier alpha value is -4.93. The molecule has 0 unspecified atom stereocenters. The molecule has 3 saturated heterocycles. The molecule has 5 aromatic rings. The van der Waals surface area contributed by atoms with Crippen LogP contribution in [0.2, 0.25) is 0 Å².